The standard InChI is InChI=1S/C31H38ClN3O4/c1-21(32)30(31(38)33-26-15-10-22(11-16-26)12-19-29(37)39-2)25-13-8-23(9-14-25)20-35-28(36)18-17-27(34-35)24-6-4-3-5-7-24/h3-9,13-14,21-22,26,30H,10-12,15-20H2,1-2H3,(H,33,38). The van der Waals surface area contributed by atoms with Gasteiger partial charge in [0.15, 0.2) is 0 Å². The first-order valence-corrected chi connectivity index (χ1v) is 14.3. The molecule has 2 unspecified atom stereocenters. The van der Waals surface area contributed by atoms with E-state index in [9.17, 15) is 14.4 Å². The summed E-state index contributed by atoms with van der Waals surface area (Å²) in [5.41, 5.74) is 3.74. The molecule has 2 aromatic carbocycles. The summed E-state index contributed by atoms with van der Waals surface area (Å²) in [6.07, 6.45) is 6.13. The van der Waals surface area contributed by atoms with Crippen LogP contribution in [0.25, 0.3) is 0 Å². The molecule has 2 aliphatic rings. The van der Waals surface area contributed by atoms with Gasteiger partial charge >= 0.3 is 5.97 Å². The van der Waals surface area contributed by atoms with Crippen LogP contribution < -0.4 is 5.32 Å². The molecule has 8 heteroatoms. The number of carbonyl (C=O) groups excluding carboxylic acids is 3. The molecule has 0 radical (unpaired) electrons. The Balaban J connectivity index is 1.34. The predicted octanol–water partition coefficient (Wildman–Crippen LogP) is 5.55. The minimum absolute atomic E-state index is 0.00501. The molecule has 2 atom stereocenters. The Morgan fingerprint density at radius 2 is 1.74 bits per heavy atom. The number of benzene rings is 2. The van der Waals surface area contributed by atoms with E-state index >= 15 is 0 Å². The van der Waals surface area contributed by atoms with E-state index in [4.69, 9.17) is 16.3 Å². The Labute approximate surface area is 235 Å². The van der Waals surface area contributed by atoms with Crippen LogP contribution in [-0.2, 0) is 25.7 Å². The van der Waals surface area contributed by atoms with E-state index in [-0.39, 0.29) is 29.2 Å². The van der Waals surface area contributed by atoms with Crippen molar-refractivity contribution in [2.24, 2.45) is 11.0 Å². The number of ether oxygens (including phenoxy) is 1. The van der Waals surface area contributed by atoms with Crippen LogP contribution in [0.5, 0.6) is 0 Å². The van der Waals surface area contributed by atoms with E-state index in [0.717, 1.165) is 54.5 Å². The number of nitrogens with zero attached hydrogens (tertiary/aromatic N) is 2. The second-order valence-corrected chi connectivity index (χ2v) is 11.3. The molecule has 1 aliphatic carbocycles. The number of nitrogens with one attached hydrogen (secondary N) is 1. The molecule has 1 saturated carbocycles. The second-order valence-electron chi connectivity index (χ2n) is 10.6. The van der Waals surface area contributed by atoms with Gasteiger partial charge in [0.1, 0.15) is 0 Å². The van der Waals surface area contributed by atoms with Gasteiger partial charge in [0.2, 0.25) is 11.8 Å². The molecule has 2 amide bonds. The van der Waals surface area contributed by atoms with Crippen molar-refractivity contribution in [2.45, 2.75) is 82.2 Å². The number of alkyl halides is 1. The van der Waals surface area contributed by atoms with Crippen molar-refractivity contribution in [1.82, 2.24) is 10.3 Å². The average Bonchev–Trinajstić information content (AvgIpc) is 2.95. The lowest BCUT2D eigenvalue weighted by atomic mass is 9.83. The molecule has 0 saturated heterocycles. The maximum Gasteiger partial charge on any atom is 0.305 e. The van der Waals surface area contributed by atoms with Crippen LogP contribution in [0.2, 0.25) is 0 Å². The summed E-state index contributed by atoms with van der Waals surface area (Å²) in [5.74, 6) is -0.205. The second kappa shape index (κ2) is 13.7. The first kappa shape index (κ1) is 28.8. The van der Waals surface area contributed by atoms with Crippen LogP contribution in [0.3, 0.4) is 0 Å². The fourth-order valence-electron chi connectivity index (χ4n) is 5.50. The number of hydrogen-bond donors (Lipinski definition) is 1. The minimum atomic E-state index is -0.475. The van der Waals surface area contributed by atoms with Gasteiger partial charge < -0.3 is 10.1 Å². The van der Waals surface area contributed by atoms with Crippen molar-refractivity contribution in [3.05, 3.63) is 71.3 Å². The average molecular weight is 552 g/mol. The molecule has 1 heterocycles. The molecule has 208 valence electrons. The highest BCUT2D eigenvalue weighted by Gasteiger charge is 2.30. The maximum absolute atomic E-state index is 13.3. The highest BCUT2D eigenvalue weighted by atomic mass is 35.5. The van der Waals surface area contributed by atoms with Gasteiger partial charge in [-0.3, -0.25) is 14.4 Å². The van der Waals surface area contributed by atoms with Gasteiger partial charge in [-0.1, -0.05) is 54.6 Å². The first-order valence-electron chi connectivity index (χ1n) is 13.9. The molecule has 2 aromatic rings. The van der Waals surface area contributed by atoms with E-state index in [2.05, 4.69) is 10.4 Å². The van der Waals surface area contributed by atoms with Crippen LogP contribution in [0.1, 0.15) is 80.9 Å². The normalized spacial score (nSPS) is 21.1. The summed E-state index contributed by atoms with van der Waals surface area (Å²) in [4.78, 5) is 37.2. The molecule has 1 N–H and O–H groups in total. The van der Waals surface area contributed by atoms with Crippen molar-refractivity contribution in [2.75, 3.05) is 7.11 Å². The van der Waals surface area contributed by atoms with E-state index in [0.29, 0.717) is 31.7 Å². The van der Waals surface area contributed by atoms with Gasteiger partial charge in [-0.2, -0.15) is 5.10 Å². The van der Waals surface area contributed by atoms with E-state index < -0.39 is 5.92 Å². The van der Waals surface area contributed by atoms with E-state index in [1.165, 1.54) is 12.1 Å². The number of esters is 1. The van der Waals surface area contributed by atoms with Crippen molar-refractivity contribution >= 4 is 35.1 Å². The highest BCUT2D eigenvalue weighted by Crippen LogP contribution is 2.30. The third kappa shape index (κ3) is 7.91. The molecule has 1 fully saturated rings. The number of methoxy groups -OCH3 is 1. The molecule has 39 heavy (non-hydrogen) atoms. The molecule has 1 aliphatic heterocycles. The van der Waals surface area contributed by atoms with Gasteiger partial charge in [-0.25, -0.2) is 5.01 Å². The zero-order chi connectivity index (χ0) is 27.8. The Morgan fingerprint density at radius 1 is 1.05 bits per heavy atom. The van der Waals surface area contributed by atoms with Crippen LogP contribution in [-0.4, -0.2) is 47.0 Å². The molecule has 7 nitrogen and oxygen atoms in total. The summed E-state index contributed by atoms with van der Waals surface area (Å²) in [7, 11) is 1.42. The summed E-state index contributed by atoms with van der Waals surface area (Å²) in [5, 5.41) is 9.00. The fourth-order valence-corrected chi connectivity index (χ4v) is 5.76. The van der Waals surface area contributed by atoms with Crippen molar-refractivity contribution in [3.63, 3.8) is 0 Å². The zero-order valence-electron chi connectivity index (χ0n) is 22.8. The lowest BCUT2D eigenvalue weighted by Gasteiger charge is -2.30. The molecular formula is C31H38ClN3O4. The van der Waals surface area contributed by atoms with Gasteiger partial charge in [0.25, 0.3) is 0 Å². The zero-order valence-corrected chi connectivity index (χ0v) is 23.5. The Kier molecular flexibility index (Phi) is 10.2. The molecule has 0 bridgehead atoms. The summed E-state index contributed by atoms with van der Waals surface area (Å²) < 4.78 is 4.75. The van der Waals surface area contributed by atoms with Crippen molar-refractivity contribution in [1.29, 1.82) is 0 Å². The topological polar surface area (TPSA) is 88.1 Å². The van der Waals surface area contributed by atoms with Crippen LogP contribution in [0, 0.1) is 5.92 Å². The van der Waals surface area contributed by atoms with Crippen molar-refractivity contribution < 1.29 is 19.1 Å². The molecule has 4 rings (SSSR count). The van der Waals surface area contributed by atoms with Gasteiger partial charge in [-0.15, -0.1) is 11.6 Å². The quantitative estimate of drug-likeness (QED) is 0.309. The summed E-state index contributed by atoms with van der Waals surface area (Å²) in [6, 6.07) is 17.8. The number of halogens is 1. The third-order valence-corrected chi connectivity index (χ3v) is 8.05. The van der Waals surface area contributed by atoms with E-state index in [1.54, 1.807) is 0 Å². The lowest BCUT2D eigenvalue weighted by Crippen LogP contribution is -2.42. The monoisotopic (exact) mass is 551 g/mol. The number of rotatable bonds is 10. The maximum atomic E-state index is 13.3. The van der Waals surface area contributed by atoms with Gasteiger partial charge in [0.05, 0.1) is 25.3 Å². The van der Waals surface area contributed by atoms with Crippen molar-refractivity contribution in [3.8, 4) is 0 Å². The largest absolute Gasteiger partial charge is 0.469 e. The Bertz CT molecular complexity index is 1160. The summed E-state index contributed by atoms with van der Waals surface area (Å²) >= 11 is 6.51. The van der Waals surface area contributed by atoms with E-state index in [1.807, 2.05) is 61.5 Å². The molecule has 0 spiro atoms. The SMILES string of the molecule is COC(=O)CCC1CCC(NC(=O)C(c2ccc(CN3N=C(c4ccccc4)CCC3=O)cc2)C(C)Cl)CC1. The smallest absolute Gasteiger partial charge is 0.305 e. The predicted molar refractivity (Wildman–Crippen MR) is 152 cm³/mol. The van der Waals surface area contributed by atoms with Crippen LogP contribution >= 0.6 is 11.6 Å². The molecule has 0 aromatic heterocycles. The van der Waals surface area contributed by atoms with Crippen LogP contribution in [0.15, 0.2) is 59.7 Å². The summed E-state index contributed by atoms with van der Waals surface area (Å²) in [6.45, 7) is 2.22. The fraction of sp³-hybridized carbons (Fsp3) is 0.484. The molecular weight excluding hydrogens is 514 g/mol. The lowest BCUT2D eigenvalue weighted by molar-refractivity contribution is -0.141. The third-order valence-electron chi connectivity index (χ3n) is 7.80. The number of hydrazone groups is 1. The van der Waals surface area contributed by atoms with Gasteiger partial charge in [0, 0.05) is 30.7 Å². The van der Waals surface area contributed by atoms with Crippen LogP contribution in [0.4, 0.5) is 0 Å². The highest BCUT2D eigenvalue weighted by molar-refractivity contribution is 6.22. The Hall–Kier alpha value is -3.19. The number of hydrogen-bond acceptors (Lipinski definition) is 5. The first-order chi connectivity index (χ1) is 18.8. The number of carbonyl (C=O) groups is 3. The minimum Gasteiger partial charge on any atom is -0.469 e. The van der Waals surface area contributed by atoms with Gasteiger partial charge in [-0.05, 0) is 61.6 Å². The Morgan fingerprint density at radius 3 is 2.38 bits per heavy atom. The number of amides is 2.